The molecule has 2 N–H and O–H groups in total. The van der Waals surface area contributed by atoms with E-state index >= 15 is 0 Å². The average molecular weight is 410 g/mol. The van der Waals surface area contributed by atoms with Crippen molar-refractivity contribution in [2.24, 2.45) is 0 Å². The Morgan fingerprint density at radius 1 is 0.966 bits per heavy atom. The summed E-state index contributed by atoms with van der Waals surface area (Å²) in [6.07, 6.45) is 3.39. The Bertz CT molecular complexity index is 961. The van der Waals surface area contributed by atoms with Crippen LogP contribution in [0.2, 0.25) is 5.02 Å². The smallest absolute Gasteiger partial charge is 0.226 e. The molecule has 0 saturated carbocycles. The van der Waals surface area contributed by atoms with Gasteiger partial charge in [0.25, 0.3) is 0 Å². The number of halogens is 1. The van der Waals surface area contributed by atoms with Crippen molar-refractivity contribution >= 4 is 29.1 Å². The molecule has 1 unspecified atom stereocenters. The number of amides is 2. The first-order valence-electron chi connectivity index (χ1n) is 9.00. The minimum Gasteiger partial charge on any atom is -0.457 e. The van der Waals surface area contributed by atoms with Gasteiger partial charge in [-0.25, -0.2) is 0 Å². The number of nitrogens with one attached hydrogen (secondary N) is 2. The topological polar surface area (TPSA) is 80.3 Å². The van der Waals surface area contributed by atoms with Crippen LogP contribution in [0.3, 0.4) is 0 Å². The second-order valence-electron chi connectivity index (χ2n) is 6.37. The van der Waals surface area contributed by atoms with E-state index in [0.29, 0.717) is 22.2 Å². The van der Waals surface area contributed by atoms with Crippen LogP contribution < -0.4 is 15.4 Å². The quantitative estimate of drug-likeness (QED) is 0.591. The molecule has 3 rings (SSSR count). The number of hydrogen-bond donors (Lipinski definition) is 2. The monoisotopic (exact) mass is 409 g/mol. The summed E-state index contributed by atoms with van der Waals surface area (Å²) in [6, 6.07) is 17.1. The number of nitrogens with zero attached hydrogens (tertiary/aromatic N) is 1. The third-order valence-corrected chi connectivity index (χ3v) is 4.31. The van der Waals surface area contributed by atoms with Crippen molar-refractivity contribution < 1.29 is 14.3 Å². The van der Waals surface area contributed by atoms with Gasteiger partial charge in [-0.05, 0) is 54.1 Å². The maximum atomic E-state index is 12.5. The lowest BCUT2D eigenvalue weighted by Gasteiger charge is -2.18. The van der Waals surface area contributed by atoms with Crippen molar-refractivity contribution in [1.82, 2.24) is 10.3 Å². The number of hydrogen-bond acceptors (Lipinski definition) is 4. The molecule has 0 aliphatic carbocycles. The van der Waals surface area contributed by atoms with Crippen LogP contribution in [0.5, 0.6) is 11.5 Å². The van der Waals surface area contributed by atoms with Crippen LogP contribution in [0.1, 0.15) is 24.9 Å². The van der Waals surface area contributed by atoms with Crippen molar-refractivity contribution in [2.75, 3.05) is 5.32 Å². The summed E-state index contributed by atoms with van der Waals surface area (Å²) >= 11 is 5.92. The highest BCUT2D eigenvalue weighted by atomic mass is 35.5. The van der Waals surface area contributed by atoms with Crippen molar-refractivity contribution in [1.29, 1.82) is 0 Å². The summed E-state index contributed by atoms with van der Waals surface area (Å²) in [5, 5.41) is 6.23. The molecule has 0 radical (unpaired) electrons. The van der Waals surface area contributed by atoms with E-state index < -0.39 is 6.04 Å². The molecule has 0 fully saturated rings. The molecule has 1 heterocycles. The number of carbonyl (C=O) groups is 2. The first kappa shape index (κ1) is 20.4. The van der Waals surface area contributed by atoms with E-state index in [0.717, 1.165) is 5.56 Å². The zero-order valence-electron chi connectivity index (χ0n) is 15.8. The zero-order chi connectivity index (χ0) is 20.6. The normalized spacial score (nSPS) is 11.4. The SMILES string of the molecule is CC(=O)NC(CC(=O)Nc1ccc(Oc2ccncc2)cc1)c1ccc(Cl)cc1. The molecule has 0 bridgehead atoms. The number of anilines is 1. The third-order valence-electron chi connectivity index (χ3n) is 4.06. The molecule has 0 aliphatic heterocycles. The number of ether oxygens (including phenoxy) is 1. The van der Waals surface area contributed by atoms with E-state index in [1.807, 2.05) is 0 Å². The average Bonchev–Trinajstić information content (AvgIpc) is 2.70. The molecule has 148 valence electrons. The Balaban J connectivity index is 1.62. The van der Waals surface area contributed by atoms with Crippen molar-refractivity contribution in [3.63, 3.8) is 0 Å². The number of pyridine rings is 1. The summed E-state index contributed by atoms with van der Waals surface area (Å²) in [4.78, 5) is 28.0. The first-order valence-corrected chi connectivity index (χ1v) is 9.38. The van der Waals surface area contributed by atoms with Gasteiger partial charge in [0, 0.05) is 30.0 Å². The van der Waals surface area contributed by atoms with Gasteiger partial charge in [-0.1, -0.05) is 23.7 Å². The molecule has 3 aromatic rings. The van der Waals surface area contributed by atoms with Gasteiger partial charge >= 0.3 is 0 Å². The van der Waals surface area contributed by atoms with Crippen LogP contribution in [0.15, 0.2) is 73.1 Å². The van der Waals surface area contributed by atoms with E-state index in [9.17, 15) is 9.59 Å². The van der Waals surface area contributed by atoms with Crippen LogP contribution in [0, 0.1) is 0 Å². The minimum absolute atomic E-state index is 0.0937. The fourth-order valence-electron chi connectivity index (χ4n) is 2.74. The number of carbonyl (C=O) groups excluding carboxylic acids is 2. The van der Waals surface area contributed by atoms with E-state index in [4.69, 9.17) is 16.3 Å². The second-order valence-corrected chi connectivity index (χ2v) is 6.80. The molecule has 1 atom stereocenters. The fourth-order valence-corrected chi connectivity index (χ4v) is 2.86. The van der Waals surface area contributed by atoms with Crippen molar-refractivity contribution in [3.05, 3.63) is 83.6 Å². The van der Waals surface area contributed by atoms with Crippen LogP contribution >= 0.6 is 11.6 Å². The molecular weight excluding hydrogens is 390 g/mol. The van der Waals surface area contributed by atoms with Crippen LogP contribution in [0.25, 0.3) is 0 Å². The minimum atomic E-state index is -0.445. The summed E-state index contributed by atoms with van der Waals surface area (Å²) < 4.78 is 5.70. The molecule has 0 spiro atoms. The van der Waals surface area contributed by atoms with E-state index in [1.165, 1.54) is 6.92 Å². The van der Waals surface area contributed by atoms with Crippen LogP contribution in [0.4, 0.5) is 5.69 Å². The Hall–Kier alpha value is -3.38. The van der Waals surface area contributed by atoms with Gasteiger partial charge in [-0.3, -0.25) is 14.6 Å². The second kappa shape index (κ2) is 9.71. The molecular formula is C22H20ClN3O3. The van der Waals surface area contributed by atoms with Crippen molar-refractivity contribution in [3.8, 4) is 11.5 Å². The van der Waals surface area contributed by atoms with Gasteiger partial charge in [0.1, 0.15) is 11.5 Å². The lowest BCUT2D eigenvalue weighted by Crippen LogP contribution is -2.29. The molecule has 0 aliphatic rings. The van der Waals surface area contributed by atoms with Crippen LogP contribution in [-0.2, 0) is 9.59 Å². The number of rotatable bonds is 7. The summed E-state index contributed by atoms with van der Waals surface area (Å²) in [5.41, 5.74) is 1.44. The zero-order valence-corrected chi connectivity index (χ0v) is 16.5. The predicted molar refractivity (Wildman–Crippen MR) is 112 cm³/mol. The standard InChI is InChI=1S/C22H20ClN3O3/c1-15(27)25-21(16-2-4-17(23)5-3-16)14-22(28)26-18-6-8-19(9-7-18)29-20-10-12-24-13-11-20/h2-13,21H,14H2,1H3,(H,25,27)(H,26,28). The Labute approximate surface area is 173 Å². The molecule has 7 heteroatoms. The molecule has 0 saturated heterocycles. The van der Waals surface area contributed by atoms with E-state index in [2.05, 4.69) is 15.6 Å². The highest BCUT2D eigenvalue weighted by molar-refractivity contribution is 6.30. The maximum Gasteiger partial charge on any atom is 0.226 e. The van der Waals surface area contributed by atoms with Gasteiger partial charge in [0.15, 0.2) is 0 Å². The van der Waals surface area contributed by atoms with Crippen LogP contribution in [-0.4, -0.2) is 16.8 Å². The summed E-state index contributed by atoms with van der Waals surface area (Å²) in [5.74, 6) is 0.890. The van der Waals surface area contributed by atoms with Crippen molar-refractivity contribution in [2.45, 2.75) is 19.4 Å². The Morgan fingerprint density at radius 3 is 2.21 bits per heavy atom. The van der Waals surface area contributed by atoms with E-state index in [-0.39, 0.29) is 18.2 Å². The van der Waals surface area contributed by atoms with E-state index in [1.54, 1.807) is 73.1 Å². The number of benzene rings is 2. The lowest BCUT2D eigenvalue weighted by molar-refractivity contribution is -0.120. The number of aromatic nitrogens is 1. The Morgan fingerprint density at radius 2 is 1.59 bits per heavy atom. The van der Waals surface area contributed by atoms with Gasteiger partial charge in [0.05, 0.1) is 12.5 Å². The summed E-state index contributed by atoms with van der Waals surface area (Å²) in [6.45, 7) is 1.42. The summed E-state index contributed by atoms with van der Waals surface area (Å²) in [7, 11) is 0. The van der Waals surface area contributed by atoms with Gasteiger partial charge < -0.3 is 15.4 Å². The highest BCUT2D eigenvalue weighted by Gasteiger charge is 2.17. The molecule has 1 aromatic heterocycles. The predicted octanol–water partition coefficient (Wildman–Crippen LogP) is 4.73. The Kier molecular flexibility index (Phi) is 6.81. The molecule has 2 amide bonds. The van der Waals surface area contributed by atoms with Gasteiger partial charge in [-0.2, -0.15) is 0 Å². The fraction of sp³-hybridized carbons (Fsp3) is 0.136. The highest BCUT2D eigenvalue weighted by Crippen LogP contribution is 2.23. The first-order chi connectivity index (χ1) is 14.0. The largest absolute Gasteiger partial charge is 0.457 e. The molecule has 2 aromatic carbocycles. The third kappa shape index (κ3) is 6.33. The lowest BCUT2D eigenvalue weighted by atomic mass is 10.0. The maximum absolute atomic E-state index is 12.5. The molecule has 29 heavy (non-hydrogen) atoms. The van der Waals surface area contributed by atoms with Gasteiger partial charge in [-0.15, -0.1) is 0 Å². The molecule has 6 nitrogen and oxygen atoms in total. The van der Waals surface area contributed by atoms with Gasteiger partial charge in [0.2, 0.25) is 11.8 Å².